The van der Waals surface area contributed by atoms with E-state index in [0.717, 1.165) is 19.3 Å². The molecule has 92 valence electrons. The lowest BCUT2D eigenvalue weighted by atomic mass is 9.79. The summed E-state index contributed by atoms with van der Waals surface area (Å²) in [4.78, 5) is 13.0. The van der Waals surface area contributed by atoms with Crippen molar-refractivity contribution in [1.29, 1.82) is 0 Å². The second kappa shape index (κ2) is 4.89. The minimum atomic E-state index is -0.376. The third-order valence-electron chi connectivity index (χ3n) is 3.34. The highest BCUT2D eigenvalue weighted by molar-refractivity contribution is 5.67. The molecule has 1 aliphatic rings. The molecule has 3 heteroatoms. The van der Waals surface area contributed by atoms with Crippen molar-refractivity contribution in [3.8, 4) is 0 Å². The first-order valence-electron chi connectivity index (χ1n) is 5.89. The van der Waals surface area contributed by atoms with Gasteiger partial charge in [-0.2, -0.15) is 0 Å². The fraction of sp³-hybridized carbons (Fsp3) is 0.769. The van der Waals surface area contributed by atoms with E-state index >= 15 is 0 Å². The van der Waals surface area contributed by atoms with Crippen molar-refractivity contribution in [2.75, 3.05) is 14.1 Å². The molecule has 0 fully saturated rings. The summed E-state index contributed by atoms with van der Waals surface area (Å²) in [7, 11) is 3.42. The maximum atomic E-state index is 11.6. The van der Waals surface area contributed by atoms with Crippen molar-refractivity contribution in [3.63, 3.8) is 0 Å². The van der Waals surface area contributed by atoms with E-state index in [1.807, 2.05) is 13.8 Å². The Morgan fingerprint density at radius 2 is 2.12 bits per heavy atom. The third-order valence-corrected chi connectivity index (χ3v) is 3.34. The second-order valence-electron chi connectivity index (χ2n) is 5.39. The van der Waals surface area contributed by atoms with E-state index in [1.54, 1.807) is 14.1 Å². The number of ether oxygens (including phenoxy) is 1. The van der Waals surface area contributed by atoms with Crippen LogP contribution < -0.4 is 0 Å². The maximum absolute atomic E-state index is 11.6. The van der Waals surface area contributed by atoms with Gasteiger partial charge >= 0.3 is 6.09 Å². The van der Waals surface area contributed by atoms with Crippen molar-refractivity contribution in [3.05, 3.63) is 11.6 Å². The van der Waals surface area contributed by atoms with Crippen LogP contribution in [0.1, 0.15) is 40.0 Å². The van der Waals surface area contributed by atoms with E-state index in [-0.39, 0.29) is 11.7 Å². The Hall–Kier alpha value is -0.990. The first kappa shape index (κ1) is 13.1. The summed E-state index contributed by atoms with van der Waals surface area (Å²) >= 11 is 0. The molecule has 16 heavy (non-hydrogen) atoms. The molecule has 1 atom stereocenters. The summed E-state index contributed by atoms with van der Waals surface area (Å²) in [5.41, 5.74) is 1.07. The zero-order chi connectivity index (χ0) is 12.3. The van der Waals surface area contributed by atoms with Gasteiger partial charge in [0.15, 0.2) is 0 Å². The van der Waals surface area contributed by atoms with Crippen molar-refractivity contribution >= 4 is 6.09 Å². The largest absolute Gasteiger partial charge is 0.443 e. The quantitative estimate of drug-likeness (QED) is 0.675. The van der Waals surface area contributed by atoms with Crippen LogP contribution in [-0.2, 0) is 4.74 Å². The third kappa shape index (κ3) is 3.26. The molecule has 0 aromatic rings. The van der Waals surface area contributed by atoms with Crippen LogP contribution in [0.3, 0.4) is 0 Å². The lowest BCUT2D eigenvalue weighted by Gasteiger charge is -2.36. The fourth-order valence-corrected chi connectivity index (χ4v) is 2.00. The SMILES string of the molecule is CC1=CCC(C(C)(C)OC(=O)N(C)C)CC1. The van der Waals surface area contributed by atoms with Gasteiger partial charge in [0.05, 0.1) is 0 Å². The van der Waals surface area contributed by atoms with Gasteiger partial charge in [-0.15, -0.1) is 0 Å². The second-order valence-corrected chi connectivity index (χ2v) is 5.39. The van der Waals surface area contributed by atoms with Crippen LogP contribution in [0, 0.1) is 5.92 Å². The van der Waals surface area contributed by atoms with Gasteiger partial charge in [-0.1, -0.05) is 11.6 Å². The molecular weight excluding hydrogens is 202 g/mol. The number of nitrogens with zero attached hydrogens (tertiary/aromatic N) is 1. The summed E-state index contributed by atoms with van der Waals surface area (Å²) in [5.74, 6) is 0.431. The predicted molar refractivity (Wildman–Crippen MR) is 65.3 cm³/mol. The van der Waals surface area contributed by atoms with Crippen LogP contribution in [0.25, 0.3) is 0 Å². The lowest BCUT2D eigenvalue weighted by molar-refractivity contribution is -0.0218. The fourth-order valence-electron chi connectivity index (χ4n) is 2.00. The smallest absolute Gasteiger partial charge is 0.409 e. The zero-order valence-corrected chi connectivity index (χ0v) is 11.0. The molecule has 0 aromatic heterocycles. The molecule has 0 saturated heterocycles. The molecular formula is C13H23NO2. The Labute approximate surface area is 98.5 Å². The van der Waals surface area contributed by atoms with Crippen molar-refractivity contribution in [1.82, 2.24) is 4.90 Å². The highest BCUT2D eigenvalue weighted by atomic mass is 16.6. The van der Waals surface area contributed by atoms with E-state index in [2.05, 4.69) is 13.0 Å². The van der Waals surface area contributed by atoms with Crippen LogP contribution in [0.2, 0.25) is 0 Å². The van der Waals surface area contributed by atoms with Crippen LogP contribution in [0.4, 0.5) is 4.79 Å². The normalized spacial score (nSPS) is 21.3. The van der Waals surface area contributed by atoms with Gasteiger partial charge in [-0.05, 0) is 40.0 Å². The Kier molecular flexibility index (Phi) is 4.00. The van der Waals surface area contributed by atoms with E-state index in [4.69, 9.17) is 4.74 Å². The topological polar surface area (TPSA) is 29.5 Å². The highest BCUT2D eigenvalue weighted by Crippen LogP contribution is 2.34. The number of carbonyl (C=O) groups excluding carboxylic acids is 1. The number of carbonyl (C=O) groups is 1. The van der Waals surface area contributed by atoms with Crippen molar-refractivity contribution in [2.45, 2.75) is 45.6 Å². The Balaban J connectivity index is 2.60. The van der Waals surface area contributed by atoms with Crippen LogP contribution in [0.5, 0.6) is 0 Å². The average molecular weight is 225 g/mol. The molecule has 0 saturated carbocycles. The minimum Gasteiger partial charge on any atom is -0.443 e. The van der Waals surface area contributed by atoms with Gasteiger partial charge in [0.2, 0.25) is 0 Å². The monoisotopic (exact) mass is 225 g/mol. The van der Waals surface area contributed by atoms with E-state index in [9.17, 15) is 4.79 Å². The Morgan fingerprint density at radius 3 is 2.56 bits per heavy atom. The predicted octanol–water partition coefficient (Wildman–Crippen LogP) is 3.21. The van der Waals surface area contributed by atoms with E-state index in [1.165, 1.54) is 10.5 Å². The summed E-state index contributed by atoms with van der Waals surface area (Å²) < 4.78 is 5.53. The summed E-state index contributed by atoms with van der Waals surface area (Å²) in [6.07, 6.45) is 5.25. The van der Waals surface area contributed by atoms with Crippen LogP contribution in [-0.4, -0.2) is 30.7 Å². The van der Waals surface area contributed by atoms with Gasteiger partial charge in [0, 0.05) is 20.0 Å². The first-order valence-corrected chi connectivity index (χ1v) is 5.89. The van der Waals surface area contributed by atoms with Crippen molar-refractivity contribution in [2.24, 2.45) is 5.92 Å². The van der Waals surface area contributed by atoms with E-state index in [0.29, 0.717) is 5.92 Å². The maximum Gasteiger partial charge on any atom is 0.409 e. The zero-order valence-electron chi connectivity index (χ0n) is 11.0. The standard InChI is InChI=1S/C13H23NO2/c1-10-6-8-11(9-7-10)13(2,3)16-12(15)14(4)5/h6,11H,7-9H2,1-5H3. The lowest BCUT2D eigenvalue weighted by Crippen LogP contribution is -2.40. The van der Waals surface area contributed by atoms with Gasteiger partial charge < -0.3 is 9.64 Å². The van der Waals surface area contributed by atoms with Gasteiger partial charge in [-0.25, -0.2) is 4.79 Å². The van der Waals surface area contributed by atoms with Gasteiger partial charge in [0.25, 0.3) is 0 Å². The van der Waals surface area contributed by atoms with Crippen LogP contribution >= 0.6 is 0 Å². The molecule has 0 bridgehead atoms. The first-order chi connectivity index (χ1) is 7.33. The molecule has 0 aliphatic heterocycles. The summed E-state index contributed by atoms with van der Waals surface area (Å²) in [6.45, 7) is 6.18. The molecule has 1 aliphatic carbocycles. The molecule has 0 radical (unpaired) electrons. The number of amides is 1. The van der Waals surface area contributed by atoms with Gasteiger partial charge in [-0.3, -0.25) is 0 Å². The number of rotatable bonds is 2. The molecule has 1 unspecified atom stereocenters. The highest BCUT2D eigenvalue weighted by Gasteiger charge is 2.34. The van der Waals surface area contributed by atoms with Crippen LogP contribution in [0.15, 0.2) is 11.6 Å². The molecule has 0 N–H and O–H groups in total. The number of hydrogen-bond donors (Lipinski definition) is 0. The molecule has 1 rings (SSSR count). The number of hydrogen-bond acceptors (Lipinski definition) is 2. The van der Waals surface area contributed by atoms with E-state index < -0.39 is 0 Å². The summed E-state index contributed by atoms with van der Waals surface area (Å²) in [5, 5.41) is 0. The number of allylic oxidation sites excluding steroid dienone is 2. The molecule has 0 aromatic carbocycles. The average Bonchev–Trinajstić information content (AvgIpc) is 2.17. The Morgan fingerprint density at radius 1 is 1.50 bits per heavy atom. The molecule has 1 amide bonds. The molecule has 0 heterocycles. The van der Waals surface area contributed by atoms with Crippen molar-refractivity contribution < 1.29 is 9.53 Å². The van der Waals surface area contributed by atoms with Gasteiger partial charge in [0.1, 0.15) is 5.60 Å². The summed E-state index contributed by atoms with van der Waals surface area (Å²) in [6, 6.07) is 0. The molecule has 0 spiro atoms. The molecule has 3 nitrogen and oxygen atoms in total. The minimum absolute atomic E-state index is 0.253. The Bertz CT molecular complexity index is 292.